The lowest BCUT2D eigenvalue weighted by molar-refractivity contribution is -0.140. The number of alkyl carbamates (subject to hydrolysis) is 1. The van der Waals surface area contributed by atoms with Crippen molar-refractivity contribution in [1.29, 1.82) is 0 Å². The molecule has 2 rings (SSSR count). The molecule has 1 aromatic rings. The average Bonchev–Trinajstić information content (AvgIpc) is 2.83. The Morgan fingerprint density at radius 3 is 2.35 bits per heavy atom. The Balaban J connectivity index is 2.32. The number of carbonyl (C=O) groups is 3. The van der Waals surface area contributed by atoms with Crippen LogP contribution in [0.25, 0.3) is 0 Å². The summed E-state index contributed by atoms with van der Waals surface area (Å²) in [6.45, 7) is 11.8. The molecule has 0 spiro atoms. The van der Waals surface area contributed by atoms with E-state index in [0.717, 1.165) is 74.5 Å². The number of nitrogens with zero attached hydrogens (tertiary/aromatic N) is 1. The van der Waals surface area contributed by atoms with Crippen LogP contribution in [0.2, 0.25) is 0 Å². The quantitative estimate of drug-likeness (QED) is 0.328. The number of aryl methyl sites for hydroxylation is 1. The molecule has 37 heavy (non-hydrogen) atoms. The largest absolute Gasteiger partial charge is 0.444 e. The van der Waals surface area contributed by atoms with Gasteiger partial charge in [-0.2, -0.15) is 0 Å². The third-order valence-corrected chi connectivity index (χ3v) is 7.06. The fraction of sp³-hybridized carbons (Fsp3) is 0.700. The van der Waals surface area contributed by atoms with E-state index in [1.54, 1.807) is 25.7 Å². The standard InChI is InChI=1S/C30H49N3O4/c1-7-8-9-10-14-20-33(26(34)21-31-29(36)37-30(4,5)6)27(25-19-15-16-22(2)23(25)3)28(35)32-24-17-12-11-13-18-24/h15-16,19,24,27H,7-14,17-18,20-21H2,1-6H3,(H,31,36)(H,32,35). The average molecular weight is 516 g/mol. The van der Waals surface area contributed by atoms with Crippen LogP contribution < -0.4 is 10.6 Å². The molecule has 1 atom stereocenters. The fourth-order valence-corrected chi connectivity index (χ4v) is 4.89. The van der Waals surface area contributed by atoms with Gasteiger partial charge in [0, 0.05) is 12.6 Å². The van der Waals surface area contributed by atoms with E-state index in [1.807, 2.05) is 32.0 Å². The van der Waals surface area contributed by atoms with Gasteiger partial charge in [0.25, 0.3) is 0 Å². The molecule has 7 nitrogen and oxygen atoms in total. The molecular formula is C30H49N3O4. The lowest BCUT2D eigenvalue weighted by Gasteiger charge is -2.34. The molecule has 0 heterocycles. The molecule has 2 N–H and O–H groups in total. The summed E-state index contributed by atoms with van der Waals surface area (Å²) in [6.07, 6.45) is 9.89. The zero-order valence-corrected chi connectivity index (χ0v) is 24.0. The van der Waals surface area contributed by atoms with Crippen molar-refractivity contribution in [3.8, 4) is 0 Å². The van der Waals surface area contributed by atoms with E-state index in [4.69, 9.17) is 4.74 Å². The Kier molecular flexibility index (Phi) is 12.4. The van der Waals surface area contributed by atoms with Gasteiger partial charge >= 0.3 is 6.09 Å². The molecule has 0 bridgehead atoms. The predicted octanol–water partition coefficient (Wildman–Crippen LogP) is 6.12. The van der Waals surface area contributed by atoms with E-state index >= 15 is 0 Å². The van der Waals surface area contributed by atoms with Crippen molar-refractivity contribution in [1.82, 2.24) is 15.5 Å². The Hall–Kier alpha value is -2.57. The zero-order valence-electron chi connectivity index (χ0n) is 24.0. The van der Waals surface area contributed by atoms with Crippen LogP contribution in [0.5, 0.6) is 0 Å². The highest BCUT2D eigenvalue weighted by molar-refractivity contribution is 5.91. The molecule has 0 aromatic heterocycles. The lowest BCUT2D eigenvalue weighted by Crippen LogP contribution is -2.50. The number of hydrogen-bond donors (Lipinski definition) is 2. The highest BCUT2D eigenvalue weighted by Gasteiger charge is 2.34. The van der Waals surface area contributed by atoms with Crippen LogP contribution in [0.3, 0.4) is 0 Å². The van der Waals surface area contributed by atoms with Crippen molar-refractivity contribution in [2.45, 2.75) is 123 Å². The number of carbonyl (C=O) groups excluding carboxylic acids is 3. The Morgan fingerprint density at radius 2 is 1.70 bits per heavy atom. The van der Waals surface area contributed by atoms with Crippen molar-refractivity contribution in [2.75, 3.05) is 13.1 Å². The molecule has 0 saturated heterocycles. The molecular weight excluding hydrogens is 466 g/mol. The third-order valence-electron chi connectivity index (χ3n) is 7.06. The minimum Gasteiger partial charge on any atom is -0.444 e. The highest BCUT2D eigenvalue weighted by atomic mass is 16.6. The SMILES string of the molecule is CCCCCCCN(C(=O)CNC(=O)OC(C)(C)C)C(C(=O)NC1CCCCC1)c1cccc(C)c1C. The number of benzene rings is 1. The van der Waals surface area contributed by atoms with Gasteiger partial charge in [0.1, 0.15) is 18.2 Å². The van der Waals surface area contributed by atoms with Crippen molar-refractivity contribution < 1.29 is 19.1 Å². The van der Waals surface area contributed by atoms with Crippen LogP contribution in [0.15, 0.2) is 18.2 Å². The first-order valence-corrected chi connectivity index (χ1v) is 14.2. The van der Waals surface area contributed by atoms with Crippen LogP contribution in [-0.2, 0) is 14.3 Å². The molecule has 1 aromatic carbocycles. The molecule has 3 amide bonds. The van der Waals surface area contributed by atoms with Crippen molar-refractivity contribution in [3.63, 3.8) is 0 Å². The maximum atomic E-state index is 13.9. The molecule has 1 fully saturated rings. The van der Waals surface area contributed by atoms with Crippen LogP contribution >= 0.6 is 0 Å². The van der Waals surface area contributed by atoms with E-state index in [-0.39, 0.29) is 24.4 Å². The number of rotatable bonds is 12. The number of unbranched alkanes of at least 4 members (excludes halogenated alkanes) is 4. The van der Waals surface area contributed by atoms with Crippen LogP contribution in [0, 0.1) is 13.8 Å². The summed E-state index contributed by atoms with van der Waals surface area (Å²) in [5, 5.41) is 5.86. The first-order chi connectivity index (χ1) is 17.5. The number of ether oxygens (including phenoxy) is 1. The Labute approximate surface area is 224 Å². The highest BCUT2D eigenvalue weighted by Crippen LogP contribution is 2.28. The number of amides is 3. The summed E-state index contributed by atoms with van der Waals surface area (Å²) >= 11 is 0. The molecule has 1 saturated carbocycles. The first-order valence-electron chi connectivity index (χ1n) is 14.2. The van der Waals surface area contributed by atoms with Gasteiger partial charge in [0.15, 0.2) is 0 Å². The Morgan fingerprint density at radius 1 is 1.03 bits per heavy atom. The van der Waals surface area contributed by atoms with Crippen LogP contribution in [0.4, 0.5) is 4.79 Å². The number of nitrogens with one attached hydrogen (secondary N) is 2. The predicted molar refractivity (Wildman–Crippen MR) is 148 cm³/mol. The summed E-state index contributed by atoms with van der Waals surface area (Å²) < 4.78 is 5.32. The summed E-state index contributed by atoms with van der Waals surface area (Å²) in [4.78, 5) is 41.4. The van der Waals surface area contributed by atoms with Crippen molar-refractivity contribution in [3.05, 3.63) is 34.9 Å². The lowest BCUT2D eigenvalue weighted by atomic mass is 9.92. The maximum absolute atomic E-state index is 13.9. The van der Waals surface area contributed by atoms with Gasteiger partial charge in [-0.25, -0.2) is 4.79 Å². The first kappa shape index (κ1) is 30.7. The monoisotopic (exact) mass is 515 g/mol. The van der Waals surface area contributed by atoms with E-state index in [9.17, 15) is 14.4 Å². The van der Waals surface area contributed by atoms with E-state index in [2.05, 4.69) is 17.6 Å². The summed E-state index contributed by atoms with van der Waals surface area (Å²) in [5.74, 6) is -0.425. The number of hydrogen-bond acceptors (Lipinski definition) is 4. The molecule has 1 unspecified atom stereocenters. The van der Waals surface area contributed by atoms with Crippen LogP contribution in [-0.4, -0.2) is 47.5 Å². The maximum Gasteiger partial charge on any atom is 0.408 e. The second-order valence-electron chi connectivity index (χ2n) is 11.4. The minimum atomic E-state index is -0.749. The minimum absolute atomic E-state index is 0.134. The van der Waals surface area contributed by atoms with Gasteiger partial charge in [-0.1, -0.05) is 70.1 Å². The molecule has 1 aliphatic carbocycles. The summed E-state index contributed by atoms with van der Waals surface area (Å²) in [7, 11) is 0. The van der Waals surface area contributed by atoms with Crippen molar-refractivity contribution >= 4 is 17.9 Å². The smallest absolute Gasteiger partial charge is 0.408 e. The van der Waals surface area contributed by atoms with Gasteiger partial charge in [-0.3, -0.25) is 9.59 Å². The second-order valence-corrected chi connectivity index (χ2v) is 11.4. The van der Waals surface area contributed by atoms with Gasteiger partial charge in [0.05, 0.1) is 0 Å². The van der Waals surface area contributed by atoms with Crippen molar-refractivity contribution in [2.24, 2.45) is 0 Å². The topological polar surface area (TPSA) is 87.7 Å². The summed E-state index contributed by atoms with van der Waals surface area (Å²) in [6, 6.07) is 5.31. The van der Waals surface area contributed by atoms with Gasteiger partial charge < -0.3 is 20.3 Å². The molecule has 208 valence electrons. The third kappa shape index (κ3) is 10.4. The Bertz CT molecular complexity index is 887. The normalized spacial score (nSPS) is 15.1. The zero-order chi connectivity index (χ0) is 27.4. The van der Waals surface area contributed by atoms with E-state index < -0.39 is 17.7 Å². The molecule has 0 aliphatic heterocycles. The molecule has 0 radical (unpaired) electrons. The van der Waals surface area contributed by atoms with Gasteiger partial charge in [-0.05, 0) is 70.6 Å². The van der Waals surface area contributed by atoms with Crippen LogP contribution in [0.1, 0.15) is 115 Å². The van der Waals surface area contributed by atoms with E-state index in [1.165, 1.54) is 6.42 Å². The van der Waals surface area contributed by atoms with Gasteiger partial charge in [-0.15, -0.1) is 0 Å². The van der Waals surface area contributed by atoms with E-state index in [0.29, 0.717) is 6.54 Å². The second kappa shape index (κ2) is 15.0. The van der Waals surface area contributed by atoms with Gasteiger partial charge in [0.2, 0.25) is 11.8 Å². The fourth-order valence-electron chi connectivity index (χ4n) is 4.89. The summed E-state index contributed by atoms with van der Waals surface area (Å²) in [5.41, 5.74) is 2.27. The molecule has 1 aliphatic rings. The molecule has 7 heteroatoms.